The molecule has 0 spiro atoms. The van der Waals surface area contributed by atoms with Gasteiger partial charge >= 0.3 is 5.97 Å². The van der Waals surface area contributed by atoms with Crippen molar-refractivity contribution >= 4 is 5.97 Å². The second-order valence-corrected chi connectivity index (χ2v) is 3.03. The molecule has 0 aromatic carbocycles. The zero-order valence-electron chi connectivity index (χ0n) is 8.76. The van der Waals surface area contributed by atoms with Crippen molar-refractivity contribution in [1.29, 1.82) is 0 Å². The molecule has 0 amide bonds. The van der Waals surface area contributed by atoms with E-state index in [9.17, 15) is 4.79 Å². The molecule has 0 unspecified atom stereocenters. The number of nitrogens with zero attached hydrogens (tertiary/aromatic N) is 1. The van der Waals surface area contributed by atoms with E-state index in [0.29, 0.717) is 12.2 Å². The van der Waals surface area contributed by atoms with Gasteiger partial charge in [-0.05, 0) is 13.8 Å². The minimum atomic E-state index is -0.346. The van der Waals surface area contributed by atoms with Gasteiger partial charge in [-0.3, -0.25) is 0 Å². The fraction of sp³-hybridized carbons (Fsp3) is 0.500. The molecule has 3 heteroatoms. The fourth-order valence-electron chi connectivity index (χ4n) is 0.733. The quantitative estimate of drug-likeness (QED) is 0.489. The average Bonchev–Trinajstić information content (AvgIpc) is 2.04. The van der Waals surface area contributed by atoms with Crippen LogP contribution in [0.5, 0.6) is 0 Å². The molecule has 0 rings (SSSR count). The molecule has 0 atom stereocenters. The molecule has 0 saturated carbocycles. The van der Waals surface area contributed by atoms with E-state index in [0.717, 1.165) is 5.70 Å². The van der Waals surface area contributed by atoms with Crippen LogP contribution in [0.25, 0.3) is 0 Å². The maximum atomic E-state index is 11.0. The molecule has 0 aliphatic rings. The van der Waals surface area contributed by atoms with Crippen LogP contribution in [0.2, 0.25) is 0 Å². The van der Waals surface area contributed by atoms with Crippen LogP contribution >= 0.6 is 0 Å². The summed E-state index contributed by atoms with van der Waals surface area (Å²) in [5, 5.41) is 0. The number of carbonyl (C=O) groups is 1. The van der Waals surface area contributed by atoms with Crippen LogP contribution in [0, 0.1) is 0 Å². The van der Waals surface area contributed by atoms with Crippen LogP contribution in [-0.2, 0) is 9.53 Å². The van der Waals surface area contributed by atoms with Crippen molar-refractivity contribution in [3.05, 3.63) is 23.9 Å². The van der Waals surface area contributed by atoms with Gasteiger partial charge in [-0.2, -0.15) is 0 Å². The third kappa shape index (κ3) is 4.35. The molecule has 0 heterocycles. The van der Waals surface area contributed by atoms with E-state index in [1.54, 1.807) is 6.92 Å². The lowest BCUT2D eigenvalue weighted by atomic mass is 10.3. The number of likely N-dealkylation sites (N-methyl/N-ethyl adjacent to an activating group) is 1. The zero-order chi connectivity index (χ0) is 10.4. The lowest BCUT2D eigenvalue weighted by Crippen LogP contribution is -2.18. The molecule has 0 aliphatic carbocycles. The van der Waals surface area contributed by atoms with E-state index in [-0.39, 0.29) is 5.97 Å². The van der Waals surface area contributed by atoms with Gasteiger partial charge in [0.25, 0.3) is 0 Å². The van der Waals surface area contributed by atoms with Gasteiger partial charge < -0.3 is 9.64 Å². The Hall–Kier alpha value is -1.25. The highest BCUT2D eigenvalue weighted by Crippen LogP contribution is 2.01. The van der Waals surface area contributed by atoms with Crippen LogP contribution in [0.4, 0.5) is 0 Å². The Bertz CT molecular complexity index is 229. The highest BCUT2D eigenvalue weighted by Gasteiger charge is 2.05. The molecule has 3 nitrogen and oxygen atoms in total. The van der Waals surface area contributed by atoms with E-state index in [2.05, 4.69) is 6.58 Å². The van der Waals surface area contributed by atoms with E-state index >= 15 is 0 Å². The van der Waals surface area contributed by atoms with Gasteiger partial charge in [-0.25, -0.2) is 4.79 Å². The zero-order valence-corrected chi connectivity index (χ0v) is 8.76. The lowest BCUT2D eigenvalue weighted by Gasteiger charge is -2.16. The standard InChI is InChI=1S/C10H17NO2/c1-6-9(11(4)5)7-13-10(12)8(2)3/h6H,2,7H2,1,3-5H3. The molecular formula is C10H17NO2. The molecule has 0 aromatic rings. The number of rotatable bonds is 4. The van der Waals surface area contributed by atoms with Crippen molar-refractivity contribution in [3.8, 4) is 0 Å². The SMILES string of the molecule is C=C(C)C(=O)OCC(=CC)N(C)C. The van der Waals surface area contributed by atoms with Crippen molar-refractivity contribution in [1.82, 2.24) is 4.90 Å². The Morgan fingerprint density at radius 3 is 2.38 bits per heavy atom. The molecule has 0 bridgehead atoms. The van der Waals surface area contributed by atoms with Crippen LogP contribution in [0.1, 0.15) is 13.8 Å². The first kappa shape index (κ1) is 11.8. The highest BCUT2D eigenvalue weighted by atomic mass is 16.5. The summed E-state index contributed by atoms with van der Waals surface area (Å²) >= 11 is 0. The Morgan fingerprint density at radius 1 is 1.54 bits per heavy atom. The number of hydrogen-bond donors (Lipinski definition) is 0. The number of esters is 1. The summed E-state index contributed by atoms with van der Waals surface area (Å²) in [6, 6.07) is 0. The lowest BCUT2D eigenvalue weighted by molar-refractivity contribution is -0.138. The van der Waals surface area contributed by atoms with Crippen molar-refractivity contribution in [2.24, 2.45) is 0 Å². The molecule has 0 N–H and O–H groups in total. The first-order chi connectivity index (χ1) is 5.99. The third-order valence-corrected chi connectivity index (χ3v) is 1.61. The van der Waals surface area contributed by atoms with E-state index in [1.807, 2.05) is 32.0 Å². The number of allylic oxidation sites excluding steroid dienone is 1. The normalized spacial score (nSPS) is 10.9. The molecule has 0 saturated heterocycles. The van der Waals surface area contributed by atoms with Crippen LogP contribution in [0.15, 0.2) is 23.9 Å². The number of ether oxygens (including phenoxy) is 1. The third-order valence-electron chi connectivity index (χ3n) is 1.61. The molecule has 0 aromatic heterocycles. The van der Waals surface area contributed by atoms with Crippen molar-refractivity contribution < 1.29 is 9.53 Å². The molecule has 13 heavy (non-hydrogen) atoms. The van der Waals surface area contributed by atoms with E-state index in [4.69, 9.17) is 4.74 Å². The summed E-state index contributed by atoms with van der Waals surface area (Å²) in [5.74, 6) is -0.346. The highest BCUT2D eigenvalue weighted by molar-refractivity contribution is 5.87. The summed E-state index contributed by atoms with van der Waals surface area (Å²) in [4.78, 5) is 12.9. The molecule has 74 valence electrons. The van der Waals surface area contributed by atoms with Gasteiger partial charge in [-0.15, -0.1) is 0 Å². The molecular weight excluding hydrogens is 166 g/mol. The number of carbonyl (C=O) groups excluding carboxylic acids is 1. The minimum Gasteiger partial charge on any atom is -0.456 e. The summed E-state index contributed by atoms with van der Waals surface area (Å²) in [6.45, 7) is 7.34. The van der Waals surface area contributed by atoms with Crippen molar-refractivity contribution in [2.75, 3.05) is 20.7 Å². The van der Waals surface area contributed by atoms with Gasteiger partial charge in [0.05, 0.1) is 0 Å². The van der Waals surface area contributed by atoms with Gasteiger partial charge in [0.15, 0.2) is 0 Å². The summed E-state index contributed by atoms with van der Waals surface area (Å²) in [5.41, 5.74) is 1.39. The maximum absolute atomic E-state index is 11.0. The predicted octanol–water partition coefficient (Wildman–Crippen LogP) is 1.57. The predicted molar refractivity (Wildman–Crippen MR) is 53.2 cm³/mol. The van der Waals surface area contributed by atoms with Crippen LogP contribution < -0.4 is 0 Å². The second kappa shape index (κ2) is 5.41. The maximum Gasteiger partial charge on any atom is 0.333 e. The largest absolute Gasteiger partial charge is 0.456 e. The Morgan fingerprint density at radius 2 is 2.08 bits per heavy atom. The summed E-state index contributed by atoms with van der Waals surface area (Å²) in [6.07, 6.45) is 1.91. The Balaban J connectivity index is 4.01. The monoisotopic (exact) mass is 183 g/mol. The Kier molecular flexibility index (Phi) is 4.89. The van der Waals surface area contributed by atoms with Crippen LogP contribution in [-0.4, -0.2) is 31.6 Å². The first-order valence-corrected chi connectivity index (χ1v) is 4.14. The number of hydrogen-bond acceptors (Lipinski definition) is 3. The van der Waals surface area contributed by atoms with Gasteiger partial charge in [0.2, 0.25) is 0 Å². The molecule has 0 fully saturated rings. The molecule has 0 radical (unpaired) electrons. The van der Waals surface area contributed by atoms with Crippen LogP contribution in [0.3, 0.4) is 0 Å². The van der Waals surface area contributed by atoms with E-state index in [1.165, 1.54) is 0 Å². The van der Waals surface area contributed by atoms with Crippen molar-refractivity contribution in [3.63, 3.8) is 0 Å². The van der Waals surface area contributed by atoms with Gasteiger partial charge in [0, 0.05) is 25.4 Å². The Labute approximate surface area is 79.7 Å². The smallest absolute Gasteiger partial charge is 0.333 e. The van der Waals surface area contributed by atoms with E-state index < -0.39 is 0 Å². The summed E-state index contributed by atoms with van der Waals surface area (Å²) in [7, 11) is 3.81. The average molecular weight is 183 g/mol. The minimum absolute atomic E-state index is 0.301. The summed E-state index contributed by atoms with van der Waals surface area (Å²) < 4.78 is 4.97. The van der Waals surface area contributed by atoms with Gasteiger partial charge in [-0.1, -0.05) is 12.7 Å². The van der Waals surface area contributed by atoms with Crippen molar-refractivity contribution in [2.45, 2.75) is 13.8 Å². The van der Waals surface area contributed by atoms with Gasteiger partial charge in [0.1, 0.15) is 6.61 Å². The fourth-order valence-corrected chi connectivity index (χ4v) is 0.733. The topological polar surface area (TPSA) is 29.5 Å². The second-order valence-electron chi connectivity index (χ2n) is 3.03. The first-order valence-electron chi connectivity index (χ1n) is 4.14. The molecule has 0 aliphatic heterocycles.